The highest BCUT2D eigenvalue weighted by Gasteiger charge is 1.91. The fraction of sp³-hybridized carbons (Fsp3) is 0.111. The van der Waals surface area contributed by atoms with Crippen molar-refractivity contribution in [2.45, 2.75) is 6.42 Å². The quantitative estimate of drug-likeness (QED) is 0.512. The number of hydrogen-bond donors (Lipinski definition) is 0. The summed E-state index contributed by atoms with van der Waals surface area (Å²) in [4.78, 5) is 0. The van der Waals surface area contributed by atoms with Crippen molar-refractivity contribution in [2.24, 2.45) is 0 Å². The molecular weight excluding hydrogens is 127 g/mol. The maximum Gasteiger partial charge on any atom is 0.123 e. The van der Waals surface area contributed by atoms with Crippen molar-refractivity contribution in [3.05, 3.63) is 35.6 Å². The van der Waals surface area contributed by atoms with Gasteiger partial charge in [-0.05, 0) is 23.8 Å². The second-order valence-corrected chi connectivity index (χ2v) is 1.91. The summed E-state index contributed by atoms with van der Waals surface area (Å²) >= 11 is 0. The second kappa shape index (κ2) is 3.03. The minimum absolute atomic E-state index is 0.260. The Labute approximate surface area is 59.7 Å². The van der Waals surface area contributed by atoms with Crippen molar-refractivity contribution in [3.8, 4) is 12.3 Å². The van der Waals surface area contributed by atoms with E-state index >= 15 is 0 Å². The molecule has 1 radical (unpaired) electrons. The molecule has 1 heteroatoms. The van der Waals surface area contributed by atoms with Crippen LogP contribution < -0.4 is 0 Å². The first-order chi connectivity index (χ1) is 4.83. The van der Waals surface area contributed by atoms with Crippen molar-refractivity contribution >= 4 is 0 Å². The topological polar surface area (TPSA) is 0 Å². The zero-order valence-electron chi connectivity index (χ0n) is 5.39. The number of rotatable bonds is 1. The van der Waals surface area contributed by atoms with Crippen LogP contribution in [0.2, 0.25) is 0 Å². The van der Waals surface area contributed by atoms with Gasteiger partial charge in [0.05, 0.1) is 0 Å². The molecule has 10 heavy (non-hydrogen) atoms. The number of halogens is 1. The van der Waals surface area contributed by atoms with Gasteiger partial charge in [-0.3, -0.25) is 0 Å². The molecule has 49 valence electrons. The Morgan fingerprint density at radius 3 is 3.10 bits per heavy atom. The average Bonchev–Trinajstić information content (AvgIpc) is 1.88. The summed E-state index contributed by atoms with van der Waals surface area (Å²) in [6, 6.07) is 7.09. The van der Waals surface area contributed by atoms with Gasteiger partial charge in [-0.2, -0.15) is 0 Å². The van der Waals surface area contributed by atoms with Crippen LogP contribution in [-0.2, 0) is 6.42 Å². The molecule has 0 aliphatic heterocycles. The Balaban J connectivity index is 2.87. The number of hydrogen-bond acceptors (Lipinski definition) is 0. The fourth-order valence-electron chi connectivity index (χ4n) is 0.697. The molecule has 0 heterocycles. The lowest BCUT2D eigenvalue weighted by Crippen LogP contribution is -1.82. The summed E-state index contributed by atoms with van der Waals surface area (Å²) in [5.41, 5.74) is 0.725. The number of terminal acetylenes is 1. The number of benzene rings is 1. The summed E-state index contributed by atoms with van der Waals surface area (Å²) in [5, 5.41) is 0. The first kappa shape index (κ1) is 6.82. The lowest BCUT2D eigenvalue weighted by molar-refractivity contribution is 0.626. The summed E-state index contributed by atoms with van der Waals surface area (Å²) in [6.07, 6.45) is 5.46. The van der Waals surface area contributed by atoms with Crippen LogP contribution in [0.15, 0.2) is 18.2 Å². The highest BCUT2D eigenvalue weighted by Crippen LogP contribution is 2.01. The average molecular weight is 133 g/mol. The van der Waals surface area contributed by atoms with Gasteiger partial charge < -0.3 is 0 Å². The SMILES string of the molecule is C#CCc1[c]ccc(F)c1. The third-order valence-corrected chi connectivity index (χ3v) is 1.12. The largest absolute Gasteiger partial charge is 0.207 e. The lowest BCUT2D eigenvalue weighted by atomic mass is 10.2. The van der Waals surface area contributed by atoms with Gasteiger partial charge in [-0.15, -0.1) is 12.3 Å². The van der Waals surface area contributed by atoms with Crippen LogP contribution >= 0.6 is 0 Å². The van der Waals surface area contributed by atoms with Crippen molar-refractivity contribution < 1.29 is 4.39 Å². The molecule has 1 aromatic rings. The highest BCUT2D eigenvalue weighted by molar-refractivity contribution is 5.18. The lowest BCUT2D eigenvalue weighted by Gasteiger charge is -1.91. The Bertz CT molecular complexity index is 258. The van der Waals surface area contributed by atoms with E-state index < -0.39 is 0 Å². The molecule has 0 N–H and O–H groups in total. The van der Waals surface area contributed by atoms with Gasteiger partial charge in [0.2, 0.25) is 0 Å². The van der Waals surface area contributed by atoms with Gasteiger partial charge in [-0.1, -0.05) is 6.07 Å². The van der Waals surface area contributed by atoms with E-state index in [2.05, 4.69) is 12.0 Å². The van der Waals surface area contributed by atoms with Gasteiger partial charge in [0.15, 0.2) is 0 Å². The molecule has 1 rings (SSSR count). The van der Waals surface area contributed by atoms with Crippen LogP contribution in [0.1, 0.15) is 5.56 Å². The van der Waals surface area contributed by atoms with Gasteiger partial charge >= 0.3 is 0 Å². The monoisotopic (exact) mass is 133 g/mol. The normalized spacial score (nSPS) is 8.80. The molecule has 0 bridgehead atoms. The van der Waals surface area contributed by atoms with E-state index in [1.54, 1.807) is 0 Å². The standard InChI is InChI=1S/C9H6F/c1-2-4-8-5-3-6-9(10)7-8/h1,3,6-7H,4H2. The Kier molecular flexibility index (Phi) is 2.07. The van der Waals surface area contributed by atoms with Crippen LogP contribution in [0.3, 0.4) is 0 Å². The zero-order chi connectivity index (χ0) is 7.40. The molecule has 0 amide bonds. The molecule has 0 aliphatic carbocycles. The van der Waals surface area contributed by atoms with Crippen LogP contribution in [0, 0.1) is 24.2 Å². The Morgan fingerprint density at radius 2 is 2.50 bits per heavy atom. The summed E-state index contributed by atoms with van der Waals surface area (Å²) < 4.78 is 12.4. The van der Waals surface area contributed by atoms with Crippen molar-refractivity contribution in [3.63, 3.8) is 0 Å². The molecule has 0 aliphatic rings. The molecule has 0 saturated heterocycles. The van der Waals surface area contributed by atoms with Crippen molar-refractivity contribution in [1.29, 1.82) is 0 Å². The van der Waals surface area contributed by atoms with E-state index in [1.165, 1.54) is 18.2 Å². The minimum Gasteiger partial charge on any atom is -0.207 e. The second-order valence-electron chi connectivity index (χ2n) is 1.91. The molecule has 0 aromatic heterocycles. The molecule has 0 nitrogen and oxygen atoms in total. The van der Waals surface area contributed by atoms with Crippen molar-refractivity contribution in [1.82, 2.24) is 0 Å². The van der Waals surface area contributed by atoms with Crippen LogP contribution in [0.25, 0.3) is 0 Å². The van der Waals surface area contributed by atoms with Crippen LogP contribution in [-0.4, -0.2) is 0 Å². The van der Waals surface area contributed by atoms with Gasteiger partial charge in [0, 0.05) is 6.42 Å². The van der Waals surface area contributed by atoms with Gasteiger partial charge in [0.1, 0.15) is 5.82 Å². The van der Waals surface area contributed by atoms with E-state index in [0.29, 0.717) is 6.42 Å². The van der Waals surface area contributed by atoms with E-state index in [4.69, 9.17) is 6.42 Å². The zero-order valence-corrected chi connectivity index (χ0v) is 5.39. The molecular formula is C9H6F. The van der Waals surface area contributed by atoms with E-state index in [-0.39, 0.29) is 5.82 Å². The molecule has 0 unspecified atom stereocenters. The maximum absolute atomic E-state index is 12.4. The summed E-state index contributed by atoms with van der Waals surface area (Å²) in [7, 11) is 0. The van der Waals surface area contributed by atoms with Crippen LogP contribution in [0.4, 0.5) is 4.39 Å². The van der Waals surface area contributed by atoms with Crippen molar-refractivity contribution in [2.75, 3.05) is 0 Å². The van der Waals surface area contributed by atoms with Crippen LogP contribution in [0.5, 0.6) is 0 Å². The molecule has 0 atom stereocenters. The van der Waals surface area contributed by atoms with Gasteiger partial charge in [0.25, 0.3) is 0 Å². The maximum atomic E-state index is 12.4. The Morgan fingerprint density at radius 1 is 1.70 bits per heavy atom. The predicted molar refractivity (Wildman–Crippen MR) is 37.8 cm³/mol. The van der Waals surface area contributed by atoms with E-state index in [0.717, 1.165) is 5.56 Å². The first-order valence-corrected chi connectivity index (χ1v) is 2.92. The summed E-state index contributed by atoms with van der Waals surface area (Å²) in [5.74, 6) is 2.15. The highest BCUT2D eigenvalue weighted by atomic mass is 19.1. The summed E-state index contributed by atoms with van der Waals surface area (Å²) in [6.45, 7) is 0. The third-order valence-electron chi connectivity index (χ3n) is 1.12. The smallest absolute Gasteiger partial charge is 0.123 e. The fourth-order valence-corrected chi connectivity index (χ4v) is 0.697. The molecule has 0 spiro atoms. The van der Waals surface area contributed by atoms with E-state index in [9.17, 15) is 4.39 Å². The molecule has 0 fully saturated rings. The Hall–Kier alpha value is -1.29. The molecule has 1 aromatic carbocycles. The molecule has 0 saturated carbocycles. The predicted octanol–water partition coefficient (Wildman–Crippen LogP) is 1.80. The minimum atomic E-state index is -0.260. The van der Waals surface area contributed by atoms with E-state index in [1.807, 2.05) is 0 Å². The van der Waals surface area contributed by atoms with Gasteiger partial charge in [-0.25, -0.2) is 4.39 Å². The first-order valence-electron chi connectivity index (χ1n) is 2.92. The third kappa shape index (κ3) is 1.60.